The molecule has 2 heterocycles. The number of nitrogens with zero attached hydrogens (tertiary/aromatic N) is 3. The van der Waals surface area contributed by atoms with Crippen molar-refractivity contribution in [1.82, 2.24) is 20.1 Å². The van der Waals surface area contributed by atoms with Gasteiger partial charge in [-0.25, -0.2) is 9.67 Å². The predicted octanol–water partition coefficient (Wildman–Crippen LogP) is 3.07. The molecule has 0 spiro atoms. The molecule has 0 saturated carbocycles. The zero-order valence-electron chi connectivity index (χ0n) is 16.0. The SMILES string of the molecule is NC(=O)c1cccc(CCNC(=O)c2nc(-c3cccs3)n(-c3ccccc3)n2)c1. The minimum Gasteiger partial charge on any atom is -0.366 e. The Morgan fingerprint density at radius 2 is 1.87 bits per heavy atom. The van der Waals surface area contributed by atoms with Crippen molar-refractivity contribution in [3.8, 4) is 16.4 Å². The fourth-order valence-electron chi connectivity index (χ4n) is 3.00. The van der Waals surface area contributed by atoms with Crippen molar-refractivity contribution in [2.24, 2.45) is 5.73 Å². The van der Waals surface area contributed by atoms with E-state index in [4.69, 9.17) is 5.73 Å². The summed E-state index contributed by atoms with van der Waals surface area (Å²) in [7, 11) is 0. The highest BCUT2D eigenvalue weighted by Gasteiger charge is 2.19. The lowest BCUT2D eigenvalue weighted by Gasteiger charge is -2.04. The maximum absolute atomic E-state index is 12.7. The Labute approximate surface area is 177 Å². The molecule has 4 rings (SSSR count). The van der Waals surface area contributed by atoms with Crippen LogP contribution < -0.4 is 11.1 Å². The van der Waals surface area contributed by atoms with E-state index < -0.39 is 5.91 Å². The normalized spacial score (nSPS) is 10.7. The topological polar surface area (TPSA) is 103 Å². The summed E-state index contributed by atoms with van der Waals surface area (Å²) in [5, 5.41) is 9.24. The fourth-order valence-corrected chi connectivity index (χ4v) is 3.70. The van der Waals surface area contributed by atoms with E-state index in [1.165, 1.54) is 11.3 Å². The molecule has 2 aromatic heterocycles. The van der Waals surface area contributed by atoms with Crippen LogP contribution in [-0.4, -0.2) is 33.1 Å². The van der Waals surface area contributed by atoms with Crippen molar-refractivity contribution in [1.29, 1.82) is 0 Å². The van der Waals surface area contributed by atoms with E-state index in [1.807, 2.05) is 53.9 Å². The highest BCUT2D eigenvalue weighted by atomic mass is 32.1. The molecule has 0 aliphatic heterocycles. The standard InChI is InChI=1S/C22H19N5O2S/c23-19(28)16-7-4-6-15(14-16)11-12-24-22(29)20-25-21(18-10-5-13-30-18)27(26-20)17-8-2-1-3-9-17/h1-10,13-14H,11-12H2,(H2,23,28)(H,24,29). The summed E-state index contributed by atoms with van der Waals surface area (Å²) in [5.74, 6) is -0.102. The molecule has 0 aliphatic carbocycles. The van der Waals surface area contributed by atoms with Crippen LogP contribution in [0.15, 0.2) is 72.1 Å². The molecule has 0 unspecified atom stereocenters. The van der Waals surface area contributed by atoms with Gasteiger partial charge in [-0.15, -0.1) is 16.4 Å². The number of nitrogens with one attached hydrogen (secondary N) is 1. The summed E-state index contributed by atoms with van der Waals surface area (Å²) in [6.07, 6.45) is 0.560. The number of carbonyl (C=O) groups excluding carboxylic acids is 2. The molecule has 4 aromatic rings. The number of para-hydroxylation sites is 1. The van der Waals surface area contributed by atoms with E-state index in [-0.39, 0.29) is 11.7 Å². The number of hydrogen-bond acceptors (Lipinski definition) is 5. The van der Waals surface area contributed by atoms with Crippen LogP contribution in [0.3, 0.4) is 0 Å². The van der Waals surface area contributed by atoms with Crippen LogP contribution >= 0.6 is 11.3 Å². The Kier molecular flexibility index (Phi) is 5.67. The third-order valence-corrected chi connectivity index (χ3v) is 5.33. The fraction of sp³-hybridized carbons (Fsp3) is 0.0909. The number of hydrogen-bond donors (Lipinski definition) is 2. The van der Waals surface area contributed by atoms with E-state index in [0.717, 1.165) is 16.1 Å². The van der Waals surface area contributed by atoms with E-state index in [0.29, 0.717) is 24.4 Å². The molecular weight excluding hydrogens is 398 g/mol. The van der Waals surface area contributed by atoms with Gasteiger partial charge in [0.15, 0.2) is 5.82 Å². The minimum atomic E-state index is -0.474. The second-order valence-corrected chi connectivity index (χ2v) is 7.50. The van der Waals surface area contributed by atoms with E-state index >= 15 is 0 Å². The number of thiophene rings is 1. The number of benzene rings is 2. The number of nitrogens with two attached hydrogens (primary N) is 1. The van der Waals surface area contributed by atoms with Crippen LogP contribution in [0.5, 0.6) is 0 Å². The van der Waals surface area contributed by atoms with Gasteiger partial charge in [-0.3, -0.25) is 9.59 Å². The average molecular weight is 417 g/mol. The van der Waals surface area contributed by atoms with E-state index in [1.54, 1.807) is 22.9 Å². The molecule has 2 aromatic carbocycles. The van der Waals surface area contributed by atoms with Crippen LogP contribution in [0.25, 0.3) is 16.4 Å². The Hall–Kier alpha value is -3.78. The first-order chi connectivity index (χ1) is 14.6. The van der Waals surface area contributed by atoms with Gasteiger partial charge in [0.25, 0.3) is 5.91 Å². The number of primary amides is 1. The van der Waals surface area contributed by atoms with Crippen molar-refractivity contribution < 1.29 is 9.59 Å². The molecule has 0 radical (unpaired) electrons. The average Bonchev–Trinajstić information content (AvgIpc) is 3.44. The third kappa shape index (κ3) is 4.28. The summed E-state index contributed by atoms with van der Waals surface area (Å²) in [6.45, 7) is 0.384. The molecule has 2 amide bonds. The van der Waals surface area contributed by atoms with Crippen LogP contribution in [0.2, 0.25) is 0 Å². The molecule has 0 saturated heterocycles. The van der Waals surface area contributed by atoms with Gasteiger partial charge in [0, 0.05) is 12.1 Å². The molecular formula is C22H19N5O2S. The Morgan fingerprint density at radius 3 is 2.60 bits per heavy atom. The van der Waals surface area contributed by atoms with Crippen LogP contribution in [0, 0.1) is 0 Å². The lowest BCUT2D eigenvalue weighted by atomic mass is 10.1. The zero-order chi connectivity index (χ0) is 20.9. The second-order valence-electron chi connectivity index (χ2n) is 6.55. The molecule has 0 atom stereocenters. The Bertz CT molecular complexity index is 1170. The summed E-state index contributed by atoms with van der Waals surface area (Å²) < 4.78 is 1.68. The van der Waals surface area contributed by atoms with Gasteiger partial charge in [-0.2, -0.15) is 0 Å². The van der Waals surface area contributed by atoms with Crippen LogP contribution in [-0.2, 0) is 6.42 Å². The largest absolute Gasteiger partial charge is 0.366 e. The Morgan fingerprint density at radius 1 is 1.03 bits per heavy atom. The van der Waals surface area contributed by atoms with Crippen molar-refractivity contribution in [3.63, 3.8) is 0 Å². The first-order valence-corrected chi connectivity index (χ1v) is 10.2. The second kappa shape index (κ2) is 8.71. The molecule has 7 nitrogen and oxygen atoms in total. The zero-order valence-corrected chi connectivity index (χ0v) is 16.8. The van der Waals surface area contributed by atoms with E-state index in [9.17, 15) is 9.59 Å². The van der Waals surface area contributed by atoms with Crippen molar-refractivity contribution in [2.75, 3.05) is 6.54 Å². The lowest BCUT2D eigenvalue weighted by molar-refractivity contribution is 0.0942. The van der Waals surface area contributed by atoms with Crippen molar-refractivity contribution in [3.05, 3.63) is 89.1 Å². The molecule has 0 fully saturated rings. The van der Waals surface area contributed by atoms with Gasteiger partial charge in [0.05, 0.1) is 10.6 Å². The van der Waals surface area contributed by atoms with Gasteiger partial charge < -0.3 is 11.1 Å². The van der Waals surface area contributed by atoms with E-state index in [2.05, 4.69) is 15.4 Å². The van der Waals surface area contributed by atoms with Crippen molar-refractivity contribution >= 4 is 23.2 Å². The minimum absolute atomic E-state index is 0.105. The third-order valence-electron chi connectivity index (χ3n) is 4.46. The van der Waals surface area contributed by atoms with Gasteiger partial charge in [0.2, 0.25) is 11.7 Å². The monoisotopic (exact) mass is 417 g/mol. The summed E-state index contributed by atoms with van der Waals surface area (Å²) in [4.78, 5) is 29.4. The van der Waals surface area contributed by atoms with Gasteiger partial charge in [-0.1, -0.05) is 36.4 Å². The molecule has 30 heavy (non-hydrogen) atoms. The van der Waals surface area contributed by atoms with Gasteiger partial charge >= 0.3 is 0 Å². The number of amides is 2. The number of aromatic nitrogens is 3. The highest BCUT2D eigenvalue weighted by molar-refractivity contribution is 7.13. The first-order valence-electron chi connectivity index (χ1n) is 9.35. The molecule has 150 valence electrons. The van der Waals surface area contributed by atoms with Gasteiger partial charge in [-0.05, 0) is 47.7 Å². The van der Waals surface area contributed by atoms with Crippen LogP contribution in [0.1, 0.15) is 26.5 Å². The highest BCUT2D eigenvalue weighted by Crippen LogP contribution is 2.25. The Balaban J connectivity index is 1.50. The molecule has 8 heteroatoms. The molecule has 3 N–H and O–H groups in total. The number of carbonyl (C=O) groups is 2. The smallest absolute Gasteiger partial charge is 0.291 e. The molecule has 0 aliphatic rings. The van der Waals surface area contributed by atoms with Crippen LogP contribution in [0.4, 0.5) is 0 Å². The first kappa shape index (κ1) is 19.5. The maximum atomic E-state index is 12.7. The predicted molar refractivity (Wildman–Crippen MR) is 116 cm³/mol. The quantitative estimate of drug-likeness (QED) is 0.482. The van der Waals surface area contributed by atoms with Crippen molar-refractivity contribution in [2.45, 2.75) is 6.42 Å². The maximum Gasteiger partial charge on any atom is 0.291 e. The van der Waals surface area contributed by atoms with Gasteiger partial charge in [0.1, 0.15) is 0 Å². The lowest BCUT2D eigenvalue weighted by Crippen LogP contribution is -2.27. The molecule has 0 bridgehead atoms. The summed E-state index contributed by atoms with van der Waals surface area (Å²) in [5.41, 5.74) is 7.50. The summed E-state index contributed by atoms with van der Waals surface area (Å²) >= 11 is 1.54. The summed E-state index contributed by atoms with van der Waals surface area (Å²) in [6, 6.07) is 20.5. The number of rotatable bonds is 7.